The largest absolute Gasteiger partial charge is 0.358 e. The van der Waals surface area contributed by atoms with E-state index in [1.807, 2.05) is 18.7 Å². The number of amidine groups is 1. The predicted octanol–water partition coefficient (Wildman–Crippen LogP) is 3.45. The van der Waals surface area contributed by atoms with Gasteiger partial charge in [-0.05, 0) is 18.8 Å². The highest BCUT2D eigenvalue weighted by atomic mass is 32.2. The first kappa shape index (κ1) is 13.9. The van der Waals surface area contributed by atoms with E-state index in [-0.39, 0.29) is 0 Å². The third-order valence-corrected chi connectivity index (χ3v) is 4.73. The molecule has 100 valence electrons. The molecular formula is C13H21N3S2. The normalized spacial score (nSPS) is 20.0. The van der Waals surface area contributed by atoms with E-state index >= 15 is 0 Å². The van der Waals surface area contributed by atoms with Gasteiger partial charge in [0.2, 0.25) is 0 Å². The Morgan fingerprint density at radius 3 is 2.83 bits per heavy atom. The highest BCUT2D eigenvalue weighted by Crippen LogP contribution is 2.31. The minimum absolute atomic E-state index is 0.384. The van der Waals surface area contributed by atoms with Gasteiger partial charge < -0.3 is 5.32 Å². The molecule has 0 bridgehead atoms. The zero-order chi connectivity index (χ0) is 13.2. The SMILES string of the molecule is Cc1csc(CNC2=NCC(CC(C)(C)C)S2)n1. The van der Waals surface area contributed by atoms with Crippen molar-refractivity contribution < 1.29 is 0 Å². The number of hydrogen-bond donors (Lipinski definition) is 1. The summed E-state index contributed by atoms with van der Waals surface area (Å²) >= 11 is 3.59. The number of thiazole rings is 1. The maximum Gasteiger partial charge on any atom is 0.157 e. The number of aryl methyl sites for hydroxylation is 1. The van der Waals surface area contributed by atoms with E-state index in [0.717, 1.165) is 29.0 Å². The van der Waals surface area contributed by atoms with Crippen LogP contribution in [0.25, 0.3) is 0 Å². The van der Waals surface area contributed by atoms with Gasteiger partial charge in [-0.1, -0.05) is 32.5 Å². The summed E-state index contributed by atoms with van der Waals surface area (Å²) in [6.07, 6.45) is 1.21. The summed E-state index contributed by atoms with van der Waals surface area (Å²) in [7, 11) is 0. The molecular weight excluding hydrogens is 262 g/mol. The molecule has 1 N–H and O–H groups in total. The molecule has 2 rings (SSSR count). The fourth-order valence-corrected chi connectivity index (χ4v) is 4.00. The van der Waals surface area contributed by atoms with Crippen LogP contribution in [0.15, 0.2) is 10.4 Å². The minimum Gasteiger partial charge on any atom is -0.358 e. The summed E-state index contributed by atoms with van der Waals surface area (Å²) in [5, 5.41) is 8.32. The van der Waals surface area contributed by atoms with Gasteiger partial charge >= 0.3 is 0 Å². The standard InChI is InChI=1S/C13H21N3S2/c1-9-8-17-11(16-9)7-15-12-14-6-10(18-12)5-13(2,3)4/h8,10H,5-7H2,1-4H3,(H,14,15). The molecule has 0 amide bonds. The Hall–Kier alpha value is -0.550. The molecule has 1 aromatic rings. The molecule has 1 atom stereocenters. The second-order valence-electron chi connectivity index (χ2n) is 5.89. The predicted molar refractivity (Wildman–Crippen MR) is 81.4 cm³/mol. The molecule has 0 radical (unpaired) electrons. The molecule has 5 heteroatoms. The lowest BCUT2D eigenvalue weighted by atomic mass is 9.90. The van der Waals surface area contributed by atoms with Crippen molar-refractivity contribution in [1.82, 2.24) is 10.3 Å². The molecule has 0 spiro atoms. The summed E-state index contributed by atoms with van der Waals surface area (Å²) in [4.78, 5) is 9.01. The second kappa shape index (κ2) is 5.61. The lowest BCUT2D eigenvalue weighted by molar-refractivity contribution is 0.375. The number of thioether (sulfide) groups is 1. The van der Waals surface area contributed by atoms with Crippen molar-refractivity contribution in [2.45, 2.75) is 45.9 Å². The first-order valence-corrected chi connectivity index (χ1v) is 8.04. The fraction of sp³-hybridized carbons (Fsp3) is 0.692. The average molecular weight is 283 g/mol. The smallest absolute Gasteiger partial charge is 0.157 e. The number of aromatic nitrogens is 1. The highest BCUT2D eigenvalue weighted by molar-refractivity contribution is 8.14. The molecule has 2 heterocycles. The molecule has 1 unspecified atom stereocenters. The van der Waals surface area contributed by atoms with Gasteiger partial charge in [-0.15, -0.1) is 11.3 Å². The maximum absolute atomic E-state index is 4.57. The molecule has 0 fully saturated rings. The Labute approximate surface area is 118 Å². The zero-order valence-electron chi connectivity index (χ0n) is 11.5. The van der Waals surface area contributed by atoms with Crippen molar-refractivity contribution in [2.24, 2.45) is 10.4 Å². The Kier molecular flexibility index (Phi) is 4.33. The third kappa shape index (κ3) is 4.28. The van der Waals surface area contributed by atoms with Crippen LogP contribution in [-0.2, 0) is 6.54 Å². The summed E-state index contributed by atoms with van der Waals surface area (Å²) in [6, 6.07) is 0. The van der Waals surface area contributed by atoms with Crippen LogP contribution in [0.1, 0.15) is 37.9 Å². The maximum atomic E-state index is 4.57. The van der Waals surface area contributed by atoms with Gasteiger partial charge in [0.25, 0.3) is 0 Å². The quantitative estimate of drug-likeness (QED) is 0.923. The van der Waals surface area contributed by atoms with E-state index in [1.165, 1.54) is 6.42 Å². The molecule has 0 aliphatic carbocycles. The van der Waals surface area contributed by atoms with Gasteiger partial charge in [0, 0.05) is 16.3 Å². The average Bonchev–Trinajstić information content (AvgIpc) is 2.82. The molecule has 1 aliphatic rings. The Morgan fingerprint density at radius 2 is 2.22 bits per heavy atom. The summed E-state index contributed by atoms with van der Waals surface area (Å²) in [5.74, 6) is 0. The van der Waals surface area contributed by atoms with E-state index in [9.17, 15) is 0 Å². The van der Waals surface area contributed by atoms with E-state index < -0.39 is 0 Å². The number of rotatable bonds is 3. The van der Waals surface area contributed by atoms with Crippen LogP contribution in [0, 0.1) is 12.3 Å². The minimum atomic E-state index is 0.384. The first-order chi connectivity index (χ1) is 8.42. The van der Waals surface area contributed by atoms with Gasteiger partial charge in [0.15, 0.2) is 5.17 Å². The highest BCUT2D eigenvalue weighted by Gasteiger charge is 2.24. The lowest BCUT2D eigenvalue weighted by Gasteiger charge is -2.21. The van der Waals surface area contributed by atoms with Crippen LogP contribution >= 0.6 is 23.1 Å². The van der Waals surface area contributed by atoms with Gasteiger partial charge in [0.05, 0.1) is 13.1 Å². The lowest BCUT2D eigenvalue weighted by Crippen LogP contribution is -2.20. The number of nitrogens with one attached hydrogen (secondary N) is 1. The van der Waals surface area contributed by atoms with Gasteiger partial charge in [-0.3, -0.25) is 4.99 Å². The fourth-order valence-electron chi connectivity index (χ4n) is 1.94. The monoisotopic (exact) mass is 283 g/mol. The van der Waals surface area contributed by atoms with Gasteiger partial charge in [0.1, 0.15) is 5.01 Å². The second-order valence-corrected chi connectivity index (χ2v) is 8.12. The molecule has 0 saturated carbocycles. The van der Waals surface area contributed by atoms with E-state index in [4.69, 9.17) is 0 Å². The van der Waals surface area contributed by atoms with E-state index in [2.05, 4.69) is 41.4 Å². The van der Waals surface area contributed by atoms with Crippen LogP contribution in [-0.4, -0.2) is 21.9 Å². The summed E-state index contributed by atoms with van der Waals surface area (Å²) in [6.45, 7) is 10.6. The van der Waals surface area contributed by atoms with Crippen molar-refractivity contribution in [3.05, 3.63) is 16.1 Å². The van der Waals surface area contributed by atoms with Gasteiger partial charge in [-0.2, -0.15) is 0 Å². The van der Waals surface area contributed by atoms with E-state index in [1.54, 1.807) is 11.3 Å². The number of hydrogen-bond acceptors (Lipinski definition) is 5. The van der Waals surface area contributed by atoms with Crippen molar-refractivity contribution in [3.63, 3.8) is 0 Å². The van der Waals surface area contributed by atoms with Crippen LogP contribution in [0.2, 0.25) is 0 Å². The Morgan fingerprint density at radius 1 is 1.44 bits per heavy atom. The van der Waals surface area contributed by atoms with Crippen LogP contribution in [0.5, 0.6) is 0 Å². The summed E-state index contributed by atoms with van der Waals surface area (Å²) < 4.78 is 0. The zero-order valence-corrected chi connectivity index (χ0v) is 13.1. The number of nitrogens with zero attached hydrogens (tertiary/aromatic N) is 2. The van der Waals surface area contributed by atoms with Crippen molar-refractivity contribution in [1.29, 1.82) is 0 Å². The first-order valence-electron chi connectivity index (χ1n) is 6.28. The van der Waals surface area contributed by atoms with Crippen LogP contribution in [0.3, 0.4) is 0 Å². The molecule has 1 aliphatic heterocycles. The molecule has 3 nitrogen and oxygen atoms in total. The summed E-state index contributed by atoms with van der Waals surface area (Å²) in [5.41, 5.74) is 1.48. The molecule has 0 saturated heterocycles. The topological polar surface area (TPSA) is 37.3 Å². The molecule has 18 heavy (non-hydrogen) atoms. The van der Waals surface area contributed by atoms with Crippen molar-refractivity contribution in [3.8, 4) is 0 Å². The van der Waals surface area contributed by atoms with Crippen LogP contribution in [0.4, 0.5) is 0 Å². The third-order valence-electron chi connectivity index (χ3n) is 2.61. The number of aliphatic imine (C=N–C) groups is 1. The van der Waals surface area contributed by atoms with Crippen molar-refractivity contribution >= 4 is 28.3 Å². The van der Waals surface area contributed by atoms with E-state index in [0.29, 0.717) is 10.7 Å². The van der Waals surface area contributed by atoms with Gasteiger partial charge in [-0.25, -0.2) is 4.98 Å². The van der Waals surface area contributed by atoms with Crippen LogP contribution < -0.4 is 5.32 Å². The molecule has 0 aromatic carbocycles. The van der Waals surface area contributed by atoms with Crippen molar-refractivity contribution in [2.75, 3.05) is 6.54 Å². The Balaban J connectivity index is 1.76. The Bertz CT molecular complexity index is 432. The molecule has 1 aromatic heterocycles.